The Labute approximate surface area is 107 Å². The Bertz CT molecular complexity index is 465. The lowest BCUT2D eigenvalue weighted by molar-refractivity contribution is 0.0695. The van der Waals surface area contributed by atoms with Crippen LogP contribution in [-0.4, -0.2) is 22.6 Å². The molecule has 1 aliphatic rings. The summed E-state index contributed by atoms with van der Waals surface area (Å²) in [5.41, 5.74) is 1.24. The van der Waals surface area contributed by atoms with E-state index in [1.54, 1.807) is 19.1 Å². The predicted octanol–water partition coefficient (Wildman–Crippen LogP) is 2.94. The number of carbonyl (C=O) groups is 1. The Kier molecular flexibility index (Phi) is 3.28. The molecule has 0 radical (unpaired) electrons. The molecule has 0 unspecified atom stereocenters. The maximum absolute atomic E-state index is 10.9. The van der Waals surface area contributed by atoms with Crippen LogP contribution >= 0.6 is 0 Å². The number of anilines is 1. The highest BCUT2D eigenvalue weighted by molar-refractivity contribution is 5.89. The van der Waals surface area contributed by atoms with Gasteiger partial charge in [0, 0.05) is 6.54 Å². The Morgan fingerprint density at radius 1 is 1.50 bits per heavy atom. The lowest BCUT2D eigenvalue weighted by atomic mass is 9.92. The number of pyridine rings is 1. The zero-order valence-corrected chi connectivity index (χ0v) is 11.2. The van der Waals surface area contributed by atoms with Gasteiger partial charge in [-0.15, -0.1) is 0 Å². The lowest BCUT2D eigenvalue weighted by Crippen LogP contribution is -2.21. The van der Waals surface area contributed by atoms with Gasteiger partial charge in [-0.25, -0.2) is 9.78 Å². The van der Waals surface area contributed by atoms with Gasteiger partial charge >= 0.3 is 5.97 Å². The minimum atomic E-state index is -0.924. The maximum atomic E-state index is 10.9. The third-order valence-electron chi connectivity index (χ3n) is 4.05. The summed E-state index contributed by atoms with van der Waals surface area (Å²) in [6.45, 7) is 7.15. The van der Waals surface area contributed by atoms with Crippen molar-refractivity contribution in [2.75, 3.05) is 11.9 Å². The highest BCUT2D eigenvalue weighted by Gasteiger charge is 2.44. The van der Waals surface area contributed by atoms with E-state index in [1.807, 2.05) is 0 Å². The molecule has 1 saturated carbocycles. The van der Waals surface area contributed by atoms with Crippen molar-refractivity contribution in [1.82, 2.24) is 4.98 Å². The minimum Gasteiger partial charge on any atom is -0.478 e. The van der Waals surface area contributed by atoms with Crippen LogP contribution in [-0.2, 0) is 0 Å². The third kappa shape index (κ3) is 2.47. The number of hydrogen-bond donors (Lipinski definition) is 2. The van der Waals surface area contributed by atoms with Crippen LogP contribution in [0.3, 0.4) is 0 Å². The molecule has 18 heavy (non-hydrogen) atoms. The Morgan fingerprint density at radius 3 is 2.61 bits per heavy atom. The van der Waals surface area contributed by atoms with Gasteiger partial charge in [-0.3, -0.25) is 0 Å². The smallest absolute Gasteiger partial charge is 0.337 e. The molecule has 0 aliphatic heterocycles. The first-order valence-electron chi connectivity index (χ1n) is 6.39. The van der Waals surface area contributed by atoms with E-state index >= 15 is 0 Å². The van der Waals surface area contributed by atoms with Crippen LogP contribution in [0, 0.1) is 18.3 Å². The molecule has 0 saturated heterocycles. The predicted molar refractivity (Wildman–Crippen MR) is 70.9 cm³/mol. The number of aromatic nitrogens is 1. The first-order chi connectivity index (χ1) is 8.44. The van der Waals surface area contributed by atoms with Crippen LogP contribution in [0.15, 0.2) is 12.1 Å². The fourth-order valence-electron chi connectivity index (χ4n) is 2.27. The first-order valence-corrected chi connectivity index (χ1v) is 6.39. The van der Waals surface area contributed by atoms with Gasteiger partial charge in [-0.05, 0) is 43.2 Å². The quantitative estimate of drug-likeness (QED) is 0.841. The monoisotopic (exact) mass is 248 g/mol. The van der Waals surface area contributed by atoms with E-state index in [0.717, 1.165) is 12.4 Å². The second-order valence-electron chi connectivity index (χ2n) is 5.51. The normalized spacial score (nSPS) is 16.7. The van der Waals surface area contributed by atoms with Gasteiger partial charge in [0.05, 0.1) is 11.3 Å². The summed E-state index contributed by atoms with van der Waals surface area (Å²) in [5.74, 6) is 0.515. The van der Waals surface area contributed by atoms with Gasteiger partial charge in [-0.2, -0.15) is 0 Å². The van der Waals surface area contributed by atoms with E-state index in [9.17, 15) is 4.79 Å². The summed E-state index contributed by atoms with van der Waals surface area (Å²) in [6, 6.07) is 3.36. The fourth-order valence-corrected chi connectivity index (χ4v) is 2.27. The van der Waals surface area contributed by atoms with Crippen molar-refractivity contribution in [3.8, 4) is 0 Å². The largest absolute Gasteiger partial charge is 0.478 e. The highest BCUT2D eigenvalue weighted by Crippen LogP contribution is 2.51. The van der Waals surface area contributed by atoms with E-state index in [1.165, 1.54) is 12.8 Å². The summed E-state index contributed by atoms with van der Waals surface area (Å²) >= 11 is 0. The molecule has 0 bridgehead atoms. The Hall–Kier alpha value is -1.58. The van der Waals surface area contributed by atoms with Crippen LogP contribution in [0.4, 0.5) is 5.82 Å². The van der Waals surface area contributed by atoms with Gasteiger partial charge in [0.2, 0.25) is 0 Å². The summed E-state index contributed by atoms with van der Waals surface area (Å²) < 4.78 is 0. The van der Waals surface area contributed by atoms with Crippen LogP contribution in [0.2, 0.25) is 0 Å². The second-order valence-corrected chi connectivity index (χ2v) is 5.51. The number of rotatable bonds is 5. The summed E-state index contributed by atoms with van der Waals surface area (Å²) in [5, 5.41) is 12.3. The number of aromatic carboxylic acids is 1. The molecule has 0 spiro atoms. The molecule has 0 amide bonds. The number of aryl methyl sites for hydroxylation is 1. The third-order valence-corrected chi connectivity index (χ3v) is 4.05. The highest BCUT2D eigenvalue weighted by atomic mass is 16.4. The van der Waals surface area contributed by atoms with Gasteiger partial charge < -0.3 is 10.4 Å². The average molecular weight is 248 g/mol. The molecule has 0 aromatic carbocycles. The van der Waals surface area contributed by atoms with Crippen molar-refractivity contribution < 1.29 is 9.90 Å². The summed E-state index contributed by atoms with van der Waals surface area (Å²) in [4.78, 5) is 15.2. The standard InChI is InChI=1S/C14H20N2O2/c1-9(2)14(6-7-14)8-15-12-5-4-11(13(17)18)10(3)16-12/h4-5,9H,6-8H2,1-3H3,(H,15,16)(H,17,18). The van der Waals surface area contributed by atoms with Crippen molar-refractivity contribution in [3.63, 3.8) is 0 Å². The molecule has 4 heteroatoms. The lowest BCUT2D eigenvalue weighted by Gasteiger charge is -2.20. The SMILES string of the molecule is Cc1nc(NCC2(C(C)C)CC2)ccc1C(=O)O. The van der Waals surface area contributed by atoms with Gasteiger partial charge in [-0.1, -0.05) is 13.8 Å². The molecular weight excluding hydrogens is 228 g/mol. The molecule has 2 rings (SSSR count). The zero-order valence-electron chi connectivity index (χ0n) is 11.2. The van der Waals surface area contributed by atoms with Gasteiger partial charge in [0.1, 0.15) is 5.82 Å². The van der Waals surface area contributed by atoms with Crippen molar-refractivity contribution in [2.45, 2.75) is 33.6 Å². The van der Waals surface area contributed by atoms with Crippen LogP contribution in [0.5, 0.6) is 0 Å². The van der Waals surface area contributed by atoms with Crippen molar-refractivity contribution in [1.29, 1.82) is 0 Å². The average Bonchev–Trinajstić information content (AvgIpc) is 3.07. The molecule has 2 N–H and O–H groups in total. The molecule has 4 nitrogen and oxygen atoms in total. The summed E-state index contributed by atoms with van der Waals surface area (Å²) in [6.07, 6.45) is 2.54. The van der Waals surface area contributed by atoms with E-state index in [2.05, 4.69) is 24.1 Å². The van der Waals surface area contributed by atoms with Gasteiger partial charge in [0.15, 0.2) is 0 Å². The fraction of sp³-hybridized carbons (Fsp3) is 0.571. The van der Waals surface area contributed by atoms with Crippen molar-refractivity contribution in [3.05, 3.63) is 23.4 Å². The zero-order chi connectivity index (χ0) is 13.3. The molecule has 98 valence electrons. The molecule has 1 heterocycles. The molecule has 1 aromatic rings. The number of nitrogens with one attached hydrogen (secondary N) is 1. The van der Waals surface area contributed by atoms with E-state index in [0.29, 0.717) is 17.0 Å². The molecule has 1 aliphatic carbocycles. The molecular formula is C14H20N2O2. The van der Waals surface area contributed by atoms with Crippen molar-refractivity contribution in [2.24, 2.45) is 11.3 Å². The number of hydrogen-bond acceptors (Lipinski definition) is 3. The van der Waals surface area contributed by atoms with E-state index in [4.69, 9.17) is 5.11 Å². The van der Waals surface area contributed by atoms with Crippen LogP contribution in [0.1, 0.15) is 42.7 Å². The topological polar surface area (TPSA) is 62.2 Å². The molecule has 1 fully saturated rings. The maximum Gasteiger partial charge on any atom is 0.337 e. The van der Waals surface area contributed by atoms with Gasteiger partial charge in [0.25, 0.3) is 0 Å². The number of carboxylic acids is 1. The molecule has 0 atom stereocenters. The van der Waals surface area contributed by atoms with Crippen molar-refractivity contribution >= 4 is 11.8 Å². The molecule has 1 aromatic heterocycles. The van der Waals surface area contributed by atoms with Crippen LogP contribution < -0.4 is 5.32 Å². The Balaban J connectivity index is 2.03. The minimum absolute atomic E-state index is 0.269. The second kappa shape index (κ2) is 4.59. The van der Waals surface area contributed by atoms with E-state index in [-0.39, 0.29) is 5.56 Å². The number of carboxylic acid groups (broad SMARTS) is 1. The van der Waals surface area contributed by atoms with Crippen LogP contribution in [0.25, 0.3) is 0 Å². The Morgan fingerprint density at radius 2 is 2.17 bits per heavy atom. The first kappa shape index (κ1) is 12.9. The van der Waals surface area contributed by atoms with E-state index < -0.39 is 5.97 Å². The number of nitrogens with zero attached hydrogens (tertiary/aromatic N) is 1. The summed E-state index contributed by atoms with van der Waals surface area (Å²) in [7, 11) is 0.